The zero-order valence-electron chi connectivity index (χ0n) is 14.9. The highest BCUT2D eigenvalue weighted by Crippen LogP contribution is 2.37. The van der Waals surface area contributed by atoms with Gasteiger partial charge in [-0.2, -0.15) is 0 Å². The van der Waals surface area contributed by atoms with Gasteiger partial charge < -0.3 is 4.42 Å². The van der Waals surface area contributed by atoms with Crippen molar-refractivity contribution in [2.75, 3.05) is 0 Å². The molecule has 128 valence electrons. The smallest absolute Gasteiger partial charge is 0.235 e. The lowest BCUT2D eigenvalue weighted by atomic mass is 10.2. The van der Waals surface area contributed by atoms with Gasteiger partial charge in [0.1, 0.15) is 11.1 Å². The molecule has 5 rings (SSSR count). The van der Waals surface area contributed by atoms with Crippen LogP contribution in [0.5, 0.6) is 0 Å². The Morgan fingerprint density at radius 3 is 2.23 bits per heavy atom. The van der Waals surface area contributed by atoms with Crippen molar-refractivity contribution in [3.05, 3.63) is 66.0 Å². The number of fused-ring (bicyclic) bond motifs is 5. The molecule has 4 nitrogen and oxygen atoms in total. The highest BCUT2D eigenvalue weighted by molar-refractivity contribution is 6.16. The molecule has 0 radical (unpaired) electrons. The van der Waals surface area contributed by atoms with Crippen molar-refractivity contribution in [2.45, 2.75) is 26.7 Å². The van der Waals surface area contributed by atoms with E-state index in [1.165, 1.54) is 0 Å². The Labute approximate surface area is 151 Å². The highest BCUT2D eigenvalue weighted by atomic mass is 16.3. The molecular weight excluding hydrogens is 322 g/mol. The van der Waals surface area contributed by atoms with Crippen LogP contribution < -0.4 is 0 Å². The Bertz CT molecular complexity index is 1230. The molecule has 0 amide bonds. The van der Waals surface area contributed by atoms with Gasteiger partial charge in [-0.3, -0.25) is 4.57 Å². The van der Waals surface area contributed by atoms with E-state index in [9.17, 15) is 0 Å². The molecule has 3 heterocycles. The summed E-state index contributed by atoms with van der Waals surface area (Å²) in [6.45, 7) is 4.25. The van der Waals surface area contributed by atoms with Crippen LogP contribution >= 0.6 is 0 Å². The molecule has 0 aliphatic rings. The first-order valence-electron chi connectivity index (χ1n) is 9.08. The summed E-state index contributed by atoms with van der Waals surface area (Å²) in [6.07, 6.45) is 1.77. The summed E-state index contributed by atoms with van der Waals surface area (Å²) in [5.41, 5.74) is 6.01. The lowest BCUT2D eigenvalue weighted by molar-refractivity contribution is 0.672. The second-order valence-corrected chi connectivity index (χ2v) is 6.49. The van der Waals surface area contributed by atoms with Crippen LogP contribution in [0.15, 0.2) is 59.0 Å². The van der Waals surface area contributed by atoms with Gasteiger partial charge in [0.25, 0.3) is 0 Å². The van der Waals surface area contributed by atoms with Crippen molar-refractivity contribution in [1.29, 1.82) is 0 Å². The fourth-order valence-corrected chi connectivity index (χ4v) is 3.63. The minimum atomic E-state index is 0.721. The third-order valence-corrected chi connectivity index (χ3v) is 4.93. The third-order valence-electron chi connectivity index (χ3n) is 4.93. The summed E-state index contributed by atoms with van der Waals surface area (Å²) >= 11 is 0. The van der Waals surface area contributed by atoms with Crippen molar-refractivity contribution in [2.24, 2.45) is 0 Å². The molecule has 0 aliphatic heterocycles. The molecule has 0 fully saturated rings. The number of rotatable bonds is 3. The average molecular weight is 341 g/mol. The summed E-state index contributed by atoms with van der Waals surface area (Å²) in [5, 5.41) is 2.17. The SMILES string of the molecule is CCc1cc(CC)nc(-n2c3ccccc3c3oc4ccccc4c32)n1. The van der Waals surface area contributed by atoms with Crippen molar-refractivity contribution in [1.82, 2.24) is 14.5 Å². The lowest BCUT2D eigenvalue weighted by Gasteiger charge is -2.09. The van der Waals surface area contributed by atoms with Crippen molar-refractivity contribution >= 4 is 33.0 Å². The Morgan fingerprint density at radius 1 is 0.846 bits per heavy atom. The molecular formula is C22H19N3O. The van der Waals surface area contributed by atoms with E-state index in [1.807, 2.05) is 30.3 Å². The van der Waals surface area contributed by atoms with E-state index in [-0.39, 0.29) is 0 Å². The minimum absolute atomic E-state index is 0.721. The number of para-hydroxylation sites is 2. The van der Waals surface area contributed by atoms with Crippen LogP contribution in [0, 0.1) is 0 Å². The van der Waals surface area contributed by atoms with Crippen LogP contribution in [0.3, 0.4) is 0 Å². The summed E-state index contributed by atoms with van der Waals surface area (Å²) < 4.78 is 8.35. The second kappa shape index (κ2) is 5.70. The van der Waals surface area contributed by atoms with E-state index in [2.05, 4.69) is 42.7 Å². The van der Waals surface area contributed by atoms with Crippen LogP contribution in [0.1, 0.15) is 25.2 Å². The fraction of sp³-hybridized carbons (Fsp3) is 0.182. The van der Waals surface area contributed by atoms with E-state index in [1.54, 1.807) is 0 Å². The van der Waals surface area contributed by atoms with Crippen LogP contribution in [0.25, 0.3) is 38.9 Å². The molecule has 0 aliphatic carbocycles. The van der Waals surface area contributed by atoms with Gasteiger partial charge in [0.05, 0.1) is 5.52 Å². The molecule has 0 N–H and O–H groups in total. The van der Waals surface area contributed by atoms with E-state index >= 15 is 0 Å². The zero-order valence-corrected chi connectivity index (χ0v) is 14.9. The first kappa shape index (κ1) is 15.1. The molecule has 0 bridgehead atoms. The molecule has 0 unspecified atom stereocenters. The van der Waals surface area contributed by atoms with Gasteiger partial charge in [0, 0.05) is 22.2 Å². The van der Waals surface area contributed by atoms with Gasteiger partial charge in [0.15, 0.2) is 5.58 Å². The summed E-state index contributed by atoms with van der Waals surface area (Å²) in [5.74, 6) is 0.721. The first-order chi connectivity index (χ1) is 12.8. The number of nitrogens with zero attached hydrogens (tertiary/aromatic N) is 3. The zero-order chi connectivity index (χ0) is 17.7. The maximum absolute atomic E-state index is 6.20. The van der Waals surface area contributed by atoms with Crippen molar-refractivity contribution in [3.8, 4) is 5.95 Å². The number of hydrogen-bond donors (Lipinski definition) is 0. The monoisotopic (exact) mass is 341 g/mol. The van der Waals surface area contributed by atoms with E-state index in [0.717, 1.165) is 63.1 Å². The standard InChI is InChI=1S/C22H19N3O/c1-3-14-13-15(4-2)24-22(23-14)25-18-11-7-5-9-16(18)21-20(25)17-10-6-8-12-19(17)26-21/h5-13H,3-4H2,1-2H3. The van der Waals surface area contributed by atoms with Crippen LogP contribution in [-0.2, 0) is 12.8 Å². The maximum atomic E-state index is 6.20. The Balaban J connectivity index is 1.98. The summed E-state index contributed by atoms with van der Waals surface area (Å²) in [6, 6.07) is 18.5. The first-order valence-corrected chi connectivity index (χ1v) is 9.08. The molecule has 4 heteroatoms. The molecule has 26 heavy (non-hydrogen) atoms. The minimum Gasteiger partial charge on any atom is -0.454 e. The predicted molar refractivity (Wildman–Crippen MR) is 105 cm³/mol. The van der Waals surface area contributed by atoms with Gasteiger partial charge in [-0.15, -0.1) is 0 Å². The fourth-order valence-electron chi connectivity index (χ4n) is 3.63. The molecule has 0 atom stereocenters. The Morgan fingerprint density at radius 2 is 1.50 bits per heavy atom. The second-order valence-electron chi connectivity index (χ2n) is 6.49. The van der Waals surface area contributed by atoms with Gasteiger partial charge in [-0.25, -0.2) is 9.97 Å². The largest absolute Gasteiger partial charge is 0.454 e. The van der Waals surface area contributed by atoms with Crippen LogP contribution in [0.4, 0.5) is 0 Å². The van der Waals surface area contributed by atoms with E-state index in [4.69, 9.17) is 14.4 Å². The van der Waals surface area contributed by atoms with Gasteiger partial charge in [0.2, 0.25) is 5.95 Å². The average Bonchev–Trinajstić information content (AvgIpc) is 3.22. The molecule has 0 saturated heterocycles. The van der Waals surface area contributed by atoms with Gasteiger partial charge >= 0.3 is 0 Å². The van der Waals surface area contributed by atoms with Crippen LogP contribution in [0.2, 0.25) is 0 Å². The van der Waals surface area contributed by atoms with Crippen LogP contribution in [-0.4, -0.2) is 14.5 Å². The normalized spacial score (nSPS) is 11.8. The third kappa shape index (κ3) is 2.08. The number of furan rings is 1. The van der Waals surface area contributed by atoms with E-state index in [0.29, 0.717) is 0 Å². The number of hydrogen-bond acceptors (Lipinski definition) is 3. The molecule has 0 spiro atoms. The summed E-state index contributed by atoms with van der Waals surface area (Å²) in [4.78, 5) is 9.68. The topological polar surface area (TPSA) is 43.9 Å². The molecule has 5 aromatic rings. The van der Waals surface area contributed by atoms with Gasteiger partial charge in [-0.1, -0.05) is 38.1 Å². The highest BCUT2D eigenvalue weighted by Gasteiger charge is 2.20. The number of aryl methyl sites for hydroxylation is 2. The van der Waals surface area contributed by atoms with Gasteiger partial charge in [-0.05, 0) is 43.2 Å². The molecule has 0 saturated carbocycles. The van der Waals surface area contributed by atoms with Crippen molar-refractivity contribution < 1.29 is 4.42 Å². The van der Waals surface area contributed by atoms with E-state index < -0.39 is 0 Å². The maximum Gasteiger partial charge on any atom is 0.235 e. The number of aromatic nitrogens is 3. The quantitative estimate of drug-likeness (QED) is 0.438. The number of benzene rings is 2. The lowest BCUT2D eigenvalue weighted by Crippen LogP contribution is -2.06. The predicted octanol–water partition coefficient (Wildman–Crippen LogP) is 5.44. The molecule has 3 aromatic heterocycles. The molecule has 2 aromatic carbocycles. The Kier molecular flexibility index (Phi) is 3.32. The van der Waals surface area contributed by atoms with Crippen molar-refractivity contribution in [3.63, 3.8) is 0 Å². The summed E-state index contributed by atoms with van der Waals surface area (Å²) in [7, 11) is 0. The Hall–Kier alpha value is -3.14.